The van der Waals surface area contributed by atoms with Gasteiger partial charge in [0, 0.05) is 13.1 Å². The average molecular weight is 309 g/mol. The molecule has 0 saturated carbocycles. The van der Waals surface area contributed by atoms with Gasteiger partial charge in [0.15, 0.2) is 5.96 Å². The Kier molecular flexibility index (Phi) is 4.18. The van der Waals surface area contributed by atoms with Gasteiger partial charge in [0.2, 0.25) is 5.91 Å². The molecule has 6 atom stereocenters. The third-order valence-corrected chi connectivity index (χ3v) is 4.75. The van der Waals surface area contributed by atoms with E-state index in [1.54, 1.807) is 12.2 Å². The van der Waals surface area contributed by atoms with E-state index < -0.39 is 12.2 Å². The molecule has 3 aliphatic rings. The summed E-state index contributed by atoms with van der Waals surface area (Å²) in [5, 5.41) is 25.2. The molecular weight excluding hydrogens is 286 g/mol. The molecule has 0 radical (unpaired) electrons. The van der Waals surface area contributed by atoms with Crippen LogP contribution in [0.3, 0.4) is 0 Å². The van der Waals surface area contributed by atoms with E-state index in [-0.39, 0.29) is 35.9 Å². The second kappa shape index (κ2) is 5.96. The summed E-state index contributed by atoms with van der Waals surface area (Å²) in [6.45, 7) is 4.15. The number of guanidine groups is 1. The third-order valence-electron chi connectivity index (χ3n) is 4.75. The first-order chi connectivity index (χ1) is 10.5. The lowest BCUT2D eigenvalue weighted by Gasteiger charge is -2.28. The summed E-state index contributed by atoms with van der Waals surface area (Å²) >= 11 is 0. The molecule has 0 aromatic carbocycles. The van der Waals surface area contributed by atoms with Gasteiger partial charge in [0.1, 0.15) is 12.3 Å². The molecule has 0 aromatic rings. The number of hydrogen-bond donors (Lipinski definition) is 5. The molecule has 8 heteroatoms. The Hall–Kier alpha value is -1.48. The lowest BCUT2D eigenvalue weighted by molar-refractivity contribution is -0.125. The Labute approximate surface area is 129 Å². The van der Waals surface area contributed by atoms with Crippen LogP contribution in [0.1, 0.15) is 6.92 Å². The predicted molar refractivity (Wildman–Crippen MR) is 80.7 cm³/mol. The first kappa shape index (κ1) is 15.4. The zero-order valence-electron chi connectivity index (χ0n) is 12.5. The summed E-state index contributed by atoms with van der Waals surface area (Å²) in [4.78, 5) is 18.7. The number of rotatable bonds is 4. The van der Waals surface area contributed by atoms with Crippen LogP contribution in [-0.2, 0) is 4.79 Å². The third kappa shape index (κ3) is 2.63. The summed E-state index contributed by atoms with van der Waals surface area (Å²) in [5.41, 5.74) is 5.66. The number of aliphatic hydroxyl groups excluding tert-OH is 2. The fourth-order valence-corrected chi connectivity index (χ4v) is 3.55. The zero-order chi connectivity index (χ0) is 15.9. The molecule has 0 spiro atoms. The highest BCUT2D eigenvalue weighted by Crippen LogP contribution is 2.32. The van der Waals surface area contributed by atoms with Crippen molar-refractivity contribution in [3.05, 3.63) is 12.2 Å². The first-order valence-corrected chi connectivity index (χ1v) is 7.67. The molecule has 1 fully saturated rings. The number of likely N-dealkylation sites (tertiary alicyclic amines) is 1. The number of aliphatic hydroxyl groups is 2. The molecule has 2 heterocycles. The van der Waals surface area contributed by atoms with Crippen molar-refractivity contribution in [1.82, 2.24) is 15.5 Å². The van der Waals surface area contributed by atoms with Gasteiger partial charge in [-0.1, -0.05) is 19.1 Å². The molecule has 1 saturated heterocycles. The van der Waals surface area contributed by atoms with Crippen LogP contribution in [0, 0.1) is 11.8 Å². The number of nitrogens with one attached hydrogen (secondary N) is 2. The first-order valence-electron chi connectivity index (χ1n) is 7.67. The molecular formula is C14H23N5O3. The number of fused-ring (bicyclic) bond motifs is 1. The molecule has 22 heavy (non-hydrogen) atoms. The molecule has 6 unspecified atom stereocenters. The van der Waals surface area contributed by atoms with Crippen molar-refractivity contribution in [3.63, 3.8) is 0 Å². The van der Waals surface area contributed by atoms with Crippen molar-refractivity contribution >= 4 is 11.9 Å². The van der Waals surface area contributed by atoms with Crippen LogP contribution in [-0.4, -0.2) is 71.0 Å². The van der Waals surface area contributed by atoms with Gasteiger partial charge in [-0.25, -0.2) is 4.99 Å². The average Bonchev–Trinajstić information content (AvgIpc) is 2.99. The highest BCUT2D eigenvalue weighted by Gasteiger charge is 2.47. The summed E-state index contributed by atoms with van der Waals surface area (Å²) in [5.74, 6) is -0.0780. The zero-order valence-corrected chi connectivity index (χ0v) is 12.5. The Bertz CT molecular complexity index is 509. The van der Waals surface area contributed by atoms with E-state index in [9.17, 15) is 15.0 Å². The summed E-state index contributed by atoms with van der Waals surface area (Å²) in [6, 6.07) is -0.288. The van der Waals surface area contributed by atoms with Gasteiger partial charge in [0.05, 0.1) is 18.1 Å². The van der Waals surface area contributed by atoms with Gasteiger partial charge in [-0.2, -0.15) is 0 Å². The van der Waals surface area contributed by atoms with E-state index in [1.807, 2.05) is 6.92 Å². The topological polar surface area (TPSA) is 123 Å². The highest BCUT2D eigenvalue weighted by molar-refractivity contribution is 5.99. The van der Waals surface area contributed by atoms with Gasteiger partial charge >= 0.3 is 0 Å². The van der Waals surface area contributed by atoms with Crippen LogP contribution in [0.5, 0.6) is 0 Å². The van der Waals surface area contributed by atoms with Crippen molar-refractivity contribution in [1.29, 1.82) is 0 Å². The van der Waals surface area contributed by atoms with Gasteiger partial charge in [-0.05, 0) is 12.5 Å². The van der Waals surface area contributed by atoms with E-state index in [4.69, 9.17) is 5.73 Å². The normalized spacial score (nSPS) is 41.4. The number of carbonyl (C=O) groups excluding carboxylic acids is 1. The summed E-state index contributed by atoms with van der Waals surface area (Å²) in [6.07, 6.45) is 1.46. The van der Waals surface area contributed by atoms with E-state index in [2.05, 4.69) is 20.5 Å². The highest BCUT2D eigenvalue weighted by atomic mass is 16.3. The van der Waals surface area contributed by atoms with E-state index in [0.717, 1.165) is 13.1 Å². The fourth-order valence-electron chi connectivity index (χ4n) is 3.55. The lowest BCUT2D eigenvalue weighted by Crippen LogP contribution is -2.52. The van der Waals surface area contributed by atoms with Gasteiger partial charge in [-0.15, -0.1) is 0 Å². The molecule has 6 N–H and O–H groups in total. The summed E-state index contributed by atoms with van der Waals surface area (Å²) < 4.78 is 0. The lowest BCUT2D eigenvalue weighted by atomic mass is 9.92. The molecule has 0 bridgehead atoms. The van der Waals surface area contributed by atoms with Gasteiger partial charge in [-0.3, -0.25) is 15.0 Å². The molecule has 8 nitrogen and oxygen atoms in total. The quantitative estimate of drug-likeness (QED) is 0.368. The predicted octanol–water partition coefficient (Wildman–Crippen LogP) is -2.43. The van der Waals surface area contributed by atoms with Crippen LogP contribution in [0.2, 0.25) is 0 Å². The Balaban J connectivity index is 1.67. The number of hydrogen-bond acceptors (Lipinski definition) is 7. The number of aliphatic imine (C=N–C) groups is 1. The second-order valence-corrected chi connectivity index (χ2v) is 6.09. The standard InChI is InChI=1S/C14H23N5O3/c1-2-19-6-7(5-16-8-3-4-9(20)11(8)21)10-12(19)17-14(15)18-13(10)22/h3-4,7-12,16,20-21H,2,5-6H2,1H3,(H3,15,17,18,22). The molecule has 1 aliphatic carbocycles. The van der Waals surface area contributed by atoms with E-state index >= 15 is 0 Å². The molecule has 3 rings (SSSR count). The Morgan fingerprint density at radius 2 is 2.27 bits per heavy atom. The molecule has 0 aromatic heterocycles. The monoisotopic (exact) mass is 309 g/mol. The van der Waals surface area contributed by atoms with Crippen molar-refractivity contribution in [2.45, 2.75) is 31.3 Å². The molecule has 1 amide bonds. The van der Waals surface area contributed by atoms with Crippen molar-refractivity contribution < 1.29 is 15.0 Å². The minimum atomic E-state index is -0.840. The number of nitrogens with zero attached hydrogens (tertiary/aromatic N) is 2. The van der Waals surface area contributed by atoms with Crippen molar-refractivity contribution in [2.75, 3.05) is 19.6 Å². The Morgan fingerprint density at radius 1 is 1.50 bits per heavy atom. The maximum Gasteiger partial charge on any atom is 0.233 e. The maximum atomic E-state index is 12.2. The van der Waals surface area contributed by atoms with Gasteiger partial charge < -0.3 is 21.3 Å². The molecule has 2 aliphatic heterocycles. The number of nitrogens with two attached hydrogens (primary N) is 1. The van der Waals surface area contributed by atoms with Crippen LogP contribution in [0.25, 0.3) is 0 Å². The number of amides is 1. The minimum absolute atomic E-state index is 0.0835. The number of carbonyl (C=O) groups is 1. The van der Waals surface area contributed by atoms with Crippen LogP contribution in [0.15, 0.2) is 17.1 Å². The van der Waals surface area contributed by atoms with Crippen LogP contribution < -0.4 is 16.4 Å². The SMILES string of the molecule is CCN1CC(CNC2C=CC(O)C2O)C2C(=O)NC(N)=NC21. The van der Waals surface area contributed by atoms with E-state index in [1.165, 1.54) is 0 Å². The van der Waals surface area contributed by atoms with Crippen molar-refractivity contribution in [3.8, 4) is 0 Å². The van der Waals surface area contributed by atoms with Gasteiger partial charge in [0.25, 0.3) is 0 Å². The minimum Gasteiger partial charge on any atom is -0.388 e. The maximum absolute atomic E-state index is 12.2. The van der Waals surface area contributed by atoms with Crippen molar-refractivity contribution in [2.24, 2.45) is 22.6 Å². The summed E-state index contributed by atoms with van der Waals surface area (Å²) in [7, 11) is 0. The Morgan fingerprint density at radius 3 is 2.91 bits per heavy atom. The van der Waals surface area contributed by atoms with Crippen LogP contribution in [0.4, 0.5) is 0 Å². The second-order valence-electron chi connectivity index (χ2n) is 6.09. The fraction of sp³-hybridized carbons (Fsp3) is 0.714. The smallest absolute Gasteiger partial charge is 0.233 e. The molecule has 122 valence electrons. The van der Waals surface area contributed by atoms with Crippen LogP contribution >= 0.6 is 0 Å². The van der Waals surface area contributed by atoms with E-state index in [0.29, 0.717) is 6.54 Å². The largest absolute Gasteiger partial charge is 0.388 e.